The van der Waals surface area contributed by atoms with Crippen LogP contribution in [0.2, 0.25) is 0 Å². The van der Waals surface area contributed by atoms with Crippen LogP contribution in [0.5, 0.6) is 0 Å². The summed E-state index contributed by atoms with van der Waals surface area (Å²) in [5, 5.41) is 14.1. The van der Waals surface area contributed by atoms with E-state index in [2.05, 4.69) is 10.3 Å². The lowest BCUT2D eigenvalue weighted by Gasteiger charge is -2.29. The van der Waals surface area contributed by atoms with Crippen LogP contribution >= 0.6 is 35.3 Å². The van der Waals surface area contributed by atoms with E-state index in [9.17, 15) is 19.7 Å². The molecule has 0 atom stereocenters. The predicted molar refractivity (Wildman–Crippen MR) is 141 cm³/mol. The van der Waals surface area contributed by atoms with E-state index in [1.165, 1.54) is 46.2 Å². The SMILES string of the molecule is Cc1ccc(N2C(=O)/C(=C/c3ccc(Sc4nc5ccc([N+](=O)[O-])cc5s4)o3)C(=O)NC2=S)cc1C. The van der Waals surface area contributed by atoms with Crippen LogP contribution in [0, 0.1) is 24.0 Å². The molecule has 1 aliphatic heterocycles. The van der Waals surface area contributed by atoms with Crippen LogP contribution in [0.1, 0.15) is 16.9 Å². The number of aryl methyl sites for hydroxylation is 2. The van der Waals surface area contributed by atoms with Gasteiger partial charge in [0.05, 0.1) is 20.8 Å². The Kier molecular flexibility index (Phi) is 6.16. The van der Waals surface area contributed by atoms with E-state index < -0.39 is 16.7 Å². The number of benzene rings is 2. The monoisotopic (exact) mass is 536 g/mol. The molecule has 2 aromatic heterocycles. The first-order valence-corrected chi connectivity index (χ1v) is 12.5. The molecule has 0 saturated carbocycles. The topological polar surface area (TPSA) is 119 Å². The smallest absolute Gasteiger partial charge is 0.270 e. The second-order valence-electron chi connectivity index (χ2n) is 7.87. The number of carbonyl (C=O) groups is 2. The standard InChI is InChI=1S/C24H16N4O5S3/c1-12-3-4-14(9-13(12)2)27-22(30)17(21(29)26-23(27)34)11-16-6-8-20(33-16)36-24-25-18-7-5-15(28(31)32)10-19(18)35-24/h3-11H,1-2H3,(H,26,29,34)/b17-11+. The molecule has 0 spiro atoms. The number of carbonyl (C=O) groups excluding carboxylic acids is 2. The molecular formula is C24H16N4O5S3. The number of rotatable bonds is 5. The van der Waals surface area contributed by atoms with E-state index in [4.69, 9.17) is 16.6 Å². The Hall–Kier alpha value is -3.87. The summed E-state index contributed by atoms with van der Waals surface area (Å²) in [5.74, 6) is -0.852. The number of nitrogens with zero attached hydrogens (tertiary/aromatic N) is 3. The van der Waals surface area contributed by atoms with E-state index in [0.29, 0.717) is 31.1 Å². The van der Waals surface area contributed by atoms with Crippen LogP contribution in [0.25, 0.3) is 16.3 Å². The van der Waals surface area contributed by atoms with Crippen LogP contribution in [-0.4, -0.2) is 26.8 Å². The van der Waals surface area contributed by atoms with Gasteiger partial charge in [0.15, 0.2) is 14.5 Å². The van der Waals surface area contributed by atoms with Crippen LogP contribution in [-0.2, 0) is 9.59 Å². The number of nitro benzene ring substituents is 1. The lowest BCUT2D eigenvalue weighted by molar-refractivity contribution is -0.384. The number of non-ortho nitro benzene ring substituents is 1. The van der Waals surface area contributed by atoms with E-state index in [-0.39, 0.29) is 16.4 Å². The Morgan fingerprint density at radius 2 is 1.94 bits per heavy atom. The quantitative estimate of drug-likeness (QED) is 0.118. The van der Waals surface area contributed by atoms with Crippen molar-refractivity contribution in [2.75, 3.05) is 4.90 Å². The van der Waals surface area contributed by atoms with Gasteiger partial charge in [0.25, 0.3) is 17.5 Å². The van der Waals surface area contributed by atoms with Crippen molar-refractivity contribution in [1.82, 2.24) is 10.3 Å². The third-order valence-corrected chi connectivity index (χ3v) is 7.77. The molecule has 4 aromatic rings. The summed E-state index contributed by atoms with van der Waals surface area (Å²) in [4.78, 5) is 42.1. The van der Waals surface area contributed by atoms with E-state index in [1.807, 2.05) is 26.0 Å². The number of thiocarbonyl (C=S) groups is 1. The summed E-state index contributed by atoms with van der Waals surface area (Å²) in [5.41, 5.74) is 3.16. The molecule has 12 heteroatoms. The Balaban J connectivity index is 1.39. The molecule has 180 valence electrons. The van der Waals surface area contributed by atoms with Gasteiger partial charge in [-0.05, 0) is 85.4 Å². The maximum absolute atomic E-state index is 13.2. The van der Waals surface area contributed by atoms with Crippen LogP contribution in [0.4, 0.5) is 11.4 Å². The summed E-state index contributed by atoms with van der Waals surface area (Å²) in [6, 6.07) is 13.3. The first-order valence-electron chi connectivity index (χ1n) is 10.5. The van der Waals surface area contributed by atoms with Crippen molar-refractivity contribution in [2.24, 2.45) is 0 Å². The molecule has 9 nitrogen and oxygen atoms in total. The van der Waals surface area contributed by atoms with Crippen molar-refractivity contribution < 1.29 is 18.9 Å². The number of hydrogen-bond acceptors (Lipinski definition) is 9. The molecule has 5 rings (SSSR count). The van der Waals surface area contributed by atoms with Crippen molar-refractivity contribution in [3.05, 3.63) is 81.1 Å². The number of furan rings is 1. The van der Waals surface area contributed by atoms with Crippen LogP contribution < -0.4 is 10.2 Å². The number of nitrogens with one attached hydrogen (secondary N) is 1. The molecule has 1 N–H and O–H groups in total. The minimum Gasteiger partial charge on any atom is -0.450 e. The molecule has 0 bridgehead atoms. The van der Waals surface area contributed by atoms with Gasteiger partial charge in [-0.2, -0.15) is 0 Å². The minimum atomic E-state index is -0.608. The molecule has 0 unspecified atom stereocenters. The van der Waals surface area contributed by atoms with Crippen molar-refractivity contribution >= 4 is 79.9 Å². The number of fused-ring (bicyclic) bond motifs is 1. The molecular weight excluding hydrogens is 520 g/mol. The van der Waals surface area contributed by atoms with Gasteiger partial charge in [0.1, 0.15) is 11.3 Å². The Morgan fingerprint density at radius 3 is 2.69 bits per heavy atom. The summed E-state index contributed by atoms with van der Waals surface area (Å²) < 4.78 is 7.13. The highest BCUT2D eigenvalue weighted by atomic mass is 32.2. The summed E-state index contributed by atoms with van der Waals surface area (Å²) in [6.45, 7) is 3.90. The highest BCUT2D eigenvalue weighted by Gasteiger charge is 2.35. The van der Waals surface area contributed by atoms with Crippen LogP contribution in [0.15, 0.2) is 68.0 Å². The van der Waals surface area contributed by atoms with Gasteiger partial charge >= 0.3 is 0 Å². The first-order chi connectivity index (χ1) is 17.2. The number of hydrogen-bond donors (Lipinski definition) is 1. The fourth-order valence-electron chi connectivity index (χ4n) is 3.50. The van der Waals surface area contributed by atoms with Gasteiger partial charge in [0, 0.05) is 12.1 Å². The molecule has 1 saturated heterocycles. The zero-order valence-corrected chi connectivity index (χ0v) is 21.3. The van der Waals surface area contributed by atoms with Gasteiger partial charge in [-0.15, -0.1) is 11.3 Å². The number of anilines is 1. The zero-order chi connectivity index (χ0) is 25.6. The minimum absolute atomic E-state index is 0.000594. The third-order valence-electron chi connectivity index (χ3n) is 5.49. The van der Waals surface area contributed by atoms with Gasteiger partial charge in [0.2, 0.25) is 0 Å². The predicted octanol–water partition coefficient (Wildman–Crippen LogP) is 5.40. The van der Waals surface area contributed by atoms with Crippen LogP contribution in [0.3, 0.4) is 0 Å². The molecule has 2 amide bonds. The number of aromatic nitrogens is 1. The first kappa shape index (κ1) is 23.9. The zero-order valence-electron chi connectivity index (χ0n) is 18.8. The summed E-state index contributed by atoms with van der Waals surface area (Å²) in [7, 11) is 0. The molecule has 0 radical (unpaired) electrons. The molecule has 2 aromatic carbocycles. The Morgan fingerprint density at radius 1 is 1.14 bits per heavy atom. The number of nitro groups is 1. The van der Waals surface area contributed by atoms with E-state index >= 15 is 0 Å². The van der Waals surface area contributed by atoms with Gasteiger partial charge in [-0.1, -0.05) is 6.07 Å². The average molecular weight is 537 g/mol. The largest absolute Gasteiger partial charge is 0.450 e. The van der Waals surface area contributed by atoms with E-state index in [1.54, 1.807) is 24.3 Å². The molecule has 3 heterocycles. The maximum Gasteiger partial charge on any atom is 0.270 e. The average Bonchev–Trinajstić information content (AvgIpc) is 3.44. The molecule has 1 aliphatic rings. The Labute approximate surface area is 218 Å². The summed E-state index contributed by atoms with van der Waals surface area (Å²) >= 11 is 7.80. The van der Waals surface area contributed by atoms with Gasteiger partial charge < -0.3 is 4.42 Å². The Bertz CT molecular complexity index is 1620. The van der Waals surface area contributed by atoms with Gasteiger partial charge in [-0.3, -0.25) is 29.9 Å². The second kappa shape index (κ2) is 9.30. The highest BCUT2D eigenvalue weighted by Crippen LogP contribution is 2.36. The van der Waals surface area contributed by atoms with Crippen molar-refractivity contribution in [1.29, 1.82) is 0 Å². The fraction of sp³-hybridized carbons (Fsp3) is 0.0833. The molecule has 1 fully saturated rings. The third kappa shape index (κ3) is 4.53. The number of amides is 2. The number of thiazole rings is 1. The fourth-order valence-corrected chi connectivity index (χ4v) is 5.78. The van der Waals surface area contributed by atoms with Gasteiger partial charge in [-0.25, -0.2) is 4.98 Å². The summed E-state index contributed by atoms with van der Waals surface area (Å²) in [6.07, 6.45) is 1.37. The highest BCUT2D eigenvalue weighted by molar-refractivity contribution is 8.01. The van der Waals surface area contributed by atoms with Crippen molar-refractivity contribution in [3.63, 3.8) is 0 Å². The normalized spacial score (nSPS) is 15.1. The lowest BCUT2D eigenvalue weighted by Crippen LogP contribution is -2.54. The molecule has 36 heavy (non-hydrogen) atoms. The maximum atomic E-state index is 13.2. The van der Waals surface area contributed by atoms with E-state index in [0.717, 1.165) is 11.1 Å². The second-order valence-corrected chi connectivity index (χ2v) is 10.5. The van der Waals surface area contributed by atoms with Crippen molar-refractivity contribution in [3.8, 4) is 0 Å². The molecule has 0 aliphatic carbocycles. The van der Waals surface area contributed by atoms with Crippen molar-refractivity contribution in [2.45, 2.75) is 23.3 Å². The lowest BCUT2D eigenvalue weighted by atomic mass is 10.1.